The molecular formula is C20H15NO2. The Kier molecular flexibility index (Phi) is 3.12. The highest BCUT2D eigenvalue weighted by molar-refractivity contribution is 5.99. The van der Waals surface area contributed by atoms with Crippen LogP contribution in [-0.2, 0) is 0 Å². The molecule has 0 saturated heterocycles. The summed E-state index contributed by atoms with van der Waals surface area (Å²) in [6.45, 7) is 1.94. The molecule has 0 aliphatic carbocycles. The van der Waals surface area contributed by atoms with Gasteiger partial charge in [0, 0.05) is 22.5 Å². The average Bonchev–Trinajstić information content (AvgIpc) is 2.56. The Bertz CT molecular complexity index is 1070. The Hall–Kier alpha value is -3.07. The molecule has 4 rings (SSSR count). The summed E-state index contributed by atoms with van der Waals surface area (Å²) in [6, 6.07) is 21.6. The van der Waals surface area contributed by atoms with E-state index < -0.39 is 0 Å². The van der Waals surface area contributed by atoms with Crippen LogP contribution in [0.4, 0.5) is 11.4 Å². The molecule has 1 aromatic heterocycles. The van der Waals surface area contributed by atoms with E-state index in [1.807, 2.05) is 49.4 Å². The van der Waals surface area contributed by atoms with Crippen molar-refractivity contribution >= 4 is 33.1 Å². The maximum atomic E-state index is 11.9. The number of anilines is 2. The standard InChI is InChI=1S/C20H15NO2/c1-13-6-4-10-16-18(12-19(22)23-20(13)16)21-17-11-5-8-14-7-2-3-9-15(14)17/h2-12,21H,1H3. The molecule has 23 heavy (non-hydrogen) atoms. The van der Waals surface area contributed by atoms with Gasteiger partial charge in [0.25, 0.3) is 0 Å². The van der Waals surface area contributed by atoms with Crippen molar-refractivity contribution in [3.63, 3.8) is 0 Å². The molecule has 0 fully saturated rings. The van der Waals surface area contributed by atoms with Crippen LogP contribution in [0.1, 0.15) is 5.56 Å². The van der Waals surface area contributed by atoms with Crippen LogP contribution in [0.2, 0.25) is 0 Å². The van der Waals surface area contributed by atoms with Crippen LogP contribution in [0.15, 0.2) is 75.9 Å². The highest BCUT2D eigenvalue weighted by Gasteiger charge is 2.09. The second-order valence-corrected chi connectivity index (χ2v) is 5.58. The van der Waals surface area contributed by atoms with E-state index in [0.29, 0.717) is 5.58 Å². The van der Waals surface area contributed by atoms with Crippen molar-refractivity contribution < 1.29 is 4.42 Å². The van der Waals surface area contributed by atoms with Crippen LogP contribution in [-0.4, -0.2) is 0 Å². The van der Waals surface area contributed by atoms with Crippen molar-refractivity contribution in [2.45, 2.75) is 6.92 Å². The third kappa shape index (κ3) is 2.36. The third-order valence-corrected chi connectivity index (χ3v) is 4.03. The number of para-hydroxylation sites is 1. The number of benzene rings is 3. The van der Waals surface area contributed by atoms with Gasteiger partial charge in [-0.3, -0.25) is 0 Å². The number of nitrogens with one attached hydrogen (secondary N) is 1. The van der Waals surface area contributed by atoms with Crippen LogP contribution in [0.3, 0.4) is 0 Å². The third-order valence-electron chi connectivity index (χ3n) is 4.03. The van der Waals surface area contributed by atoms with Crippen molar-refractivity contribution in [2.24, 2.45) is 0 Å². The zero-order valence-corrected chi connectivity index (χ0v) is 12.7. The molecule has 0 spiro atoms. The zero-order chi connectivity index (χ0) is 15.8. The summed E-state index contributed by atoms with van der Waals surface area (Å²) in [5.74, 6) is 0. The van der Waals surface area contributed by atoms with Crippen LogP contribution in [0.25, 0.3) is 21.7 Å². The van der Waals surface area contributed by atoms with E-state index in [1.54, 1.807) is 0 Å². The number of hydrogen-bond acceptors (Lipinski definition) is 3. The summed E-state index contributed by atoms with van der Waals surface area (Å²) in [6.07, 6.45) is 0. The molecule has 3 nitrogen and oxygen atoms in total. The number of rotatable bonds is 2. The predicted octanol–water partition coefficient (Wildman–Crippen LogP) is 5.00. The molecule has 0 aliphatic rings. The van der Waals surface area contributed by atoms with E-state index in [-0.39, 0.29) is 5.63 Å². The highest BCUT2D eigenvalue weighted by atomic mass is 16.4. The molecule has 3 heteroatoms. The SMILES string of the molecule is Cc1cccc2c(Nc3cccc4ccccc34)cc(=O)oc12. The van der Waals surface area contributed by atoms with Crippen molar-refractivity contribution in [2.75, 3.05) is 5.32 Å². The molecule has 0 saturated carbocycles. The van der Waals surface area contributed by atoms with Gasteiger partial charge in [0.2, 0.25) is 0 Å². The Morgan fingerprint density at radius 2 is 1.57 bits per heavy atom. The van der Waals surface area contributed by atoms with Gasteiger partial charge in [0.05, 0.1) is 5.69 Å². The van der Waals surface area contributed by atoms with Crippen molar-refractivity contribution in [3.8, 4) is 0 Å². The van der Waals surface area contributed by atoms with Crippen LogP contribution < -0.4 is 10.9 Å². The fraction of sp³-hybridized carbons (Fsp3) is 0.0500. The Balaban J connectivity index is 1.93. The predicted molar refractivity (Wildman–Crippen MR) is 94.5 cm³/mol. The Morgan fingerprint density at radius 1 is 0.826 bits per heavy atom. The van der Waals surface area contributed by atoms with Gasteiger partial charge in [-0.15, -0.1) is 0 Å². The first-order valence-electron chi connectivity index (χ1n) is 7.51. The van der Waals surface area contributed by atoms with Crippen LogP contribution >= 0.6 is 0 Å². The maximum Gasteiger partial charge on any atom is 0.338 e. The van der Waals surface area contributed by atoms with E-state index in [9.17, 15) is 4.79 Å². The zero-order valence-electron chi connectivity index (χ0n) is 12.7. The van der Waals surface area contributed by atoms with E-state index in [0.717, 1.165) is 33.1 Å². The normalized spacial score (nSPS) is 11.0. The lowest BCUT2D eigenvalue weighted by atomic mass is 10.1. The maximum absolute atomic E-state index is 11.9. The number of hydrogen-bond donors (Lipinski definition) is 1. The first kappa shape index (κ1) is 13.6. The lowest BCUT2D eigenvalue weighted by molar-refractivity contribution is 0.559. The number of aryl methyl sites for hydroxylation is 1. The first-order chi connectivity index (χ1) is 11.2. The molecule has 0 amide bonds. The molecule has 4 aromatic rings. The van der Waals surface area contributed by atoms with Gasteiger partial charge in [-0.25, -0.2) is 4.79 Å². The first-order valence-corrected chi connectivity index (χ1v) is 7.51. The van der Waals surface area contributed by atoms with Gasteiger partial charge in [-0.05, 0) is 30.0 Å². The summed E-state index contributed by atoms with van der Waals surface area (Å²) in [4.78, 5) is 11.9. The molecule has 1 N–H and O–H groups in total. The van der Waals surface area contributed by atoms with Gasteiger partial charge in [-0.1, -0.05) is 48.5 Å². The van der Waals surface area contributed by atoms with E-state index in [1.165, 1.54) is 6.07 Å². The average molecular weight is 301 g/mol. The topological polar surface area (TPSA) is 42.2 Å². The fourth-order valence-electron chi connectivity index (χ4n) is 2.91. The molecule has 3 aromatic carbocycles. The van der Waals surface area contributed by atoms with E-state index in [2.05, 4.69) is 23.5 Å². The Labute approximate surface area is 133 Å². The van der Waals surface area contributed by atoms with Gasteiger partial charge in [-0.2, -0.15) is 0 Å². The summed E-state index contributed by atoms with van der Waals surface area (Å²) < 4.78 is 5.36. The number of fused-ring (bicyclic) bond motifs is 2. The van der Waals surface area contributed by atoms with Crippen LogP contribution in [0, 0.1) is 6.92 Å². The van der Waals surface area contributed by atoms with Gasteiger partial charge < -0.3 is 9.73 Å². The molecule has 0 unspecified atom stereocenters. The Morgan fingerprint density at radius 3 is 2.48 bits per heavy atom. The summed E-state index contributed by atoms with van der Waals surface area (Å²) in [5, 5.41) is 6.57. The molecule has 1 heterocycles. The molecule has 112 valence electrons. The summed E-state index contributed by atoms with van der Waals surface area (Å²) >= 11 is 0. The van der Waals surface area contributed by atoms with Crippen LogP contribution in [0.5, 0.6) is 0 Å². The van der Waals surface area contributed by atoms with Crippen molar-refractivity contribution in [1.82, 2.24) is 0 Å². The lowest BCUT2D eigenvalue weighted by Crippen LogP contribution is -2.02. The highest BCUT2D eigenvalue weighted by Crippen LogP contribution is 2.30. The molecule has 0 aliphatic heterocycles. The van der Waals surface area contributed by atoms with E-state index >= 15 is 0 Å². The van der Waals surface area contributed by atoms with Crippen molar-refractivity contribution in [1.29, 1.82) is 0 Å². The van der Waals surface area contributed by atoms with Gasteiger partial charge >= 0.3 is 5.63 Å². The lowest BCUT2D eigenvalue weighted by Gasteiger charge is -2.12. The molecule has 0 bridgehead atoms. The second kappa shape index (κ2) is 5.29. The monoisotopic (exact) mass is 301 g/mol. The largest absolute Gasteiger partial charge is 0.422 e. The minimum Gasteiger partial charge on any atom is -0.422 e. The van der Waals surface area contributed by atoms with Gasteiger partial charge in [0.15, 0.2) is 0 Å². The smallest absolute Gasteiger partial charge is 0.338 e. The molecule has 0 radical (unpaired) electrons. The minimum atomic E-state index is -0.352. The fourth-order valence-corrected chi connectivity index (χ4v) is 2.91. The van der Waals surface area contributed by atoms with Crippen molar-refractivity contribution in [3.05, 3.63) is 82.7 Å². The minimum absolute atomic E-state index is 0.352. The summed E-state index contributed by atoms with van der Waals surface area (Å²) in [7, 11) is 0. The summed E-state index contributed by atoms with van der Waals surface area (Å²) in [5.41, 5.74) is 2.95. The van der Waals surface area contributed by atoms with E-state index in [4.69, 9.17) is 4.42 Å². The quantitative estimate of drug-likeness (QED) is 0.530. The molecule has 0 atom stereocenters. The second-order valence-electron chi connectivity index (χ2n) is 5.58. The molecular weight excluding hydrogens is 286 g/mol. The van der Waals surface area contributed by atoms with Gasteiger partial charge in [0.1, 0.15) is 5.58 Å².